The second-order valence-corrected chi connectivity index (χ2v) is 13.7. The van der Waals surface area contributed by atoms with Crippen LogP contribution in [0, 0.1) is 11.3 Å². The lowest BCUT2D eigenvalue weighted by Gasteiger charge is -2.26. The number of nitrogens with one attached hydrogen (secondary N) is 1. The Labute approximate surface area is 256 Å². The van der Waals surface area contributed by atoms with E-state index in [4.69, 9.17) is 39.0 Å². The number of aliphatic hydroxyl groups is 1. The third kappa shape index (κ3) is 4.48. The summed E-state index contributed by atoms with van der Waals surface area (Å²) in [6, 6.07) is -0.700. The highest BCUT2D eigenvalue weighted by Crippen LogP contribution is 2.71. The van der Waals surface area contributed by atoms with E-state index < -0.39 is 83.1 Å². The molecule has 4 aromatic rings. The number of hydrogen-bond acceptors (Lipinski definition) is 18. The molecular formula is C22H26N11O11P2+. The zero-order valence-corrected chi connectivity index (χ0v) is 25.4. The van der Waals surface area contributed by atoms with Gasteiger partial charge < -0.3 is 35.5 Å². The van der Waals surface area contributed by atoms with Crippen LogP contribution in [0.3, 0.4) is 0 Å². The van der Waals surface area contributed by atoms with Crippen LogP contribution in [0.1, 0.15) is 18.7 Å². The second kappa shape index (κ2) is 10.5. The number of rotatable bonds is 3. The van der Waals surface area contributed by atoms with Crippen LogP contribution in [0.15, 0.2) is 17.4 Å². The van der Waals surface area contributed by atoms with Crippen LogP contribution in [0.4, 0.5) is 11.8 Å². The summed E-state index contributed by atoms with van der Waals surface area (Å²) in [5, 5.41) is 19.3. The van der Waals surface area contributed by atoms with E-state index in [9.17, 15) is 23.9 Å². The molecule has 2 saturated carbocycles. The van der Waals surface area contributed by atoms with Crippen LogP contribution < -0.4 is 17.0 Å². The number of aromatic nitrogens is 9. The summed E-state index contributed by atoms with van der Waals surface area (Å²) in [6.45, 7) is -0.843. The smallest absolute Gasteiger partial charge is 0.388 e. The molecule has 4 aromatic heterocycles. The summed E-state index contributed by atoms with van der Waals surface area (Å²) in [5.41, 5.74) is 10.3. The summed E-state index contributed by atoms with van der Waals surface area (Å²) in [5.74, 6) is -0.477. The van der Waals surface area contributed by atoms with E-state index in [1.807, 2.05) is 0 Å². The number of phosphoric ester groups is 1. The Morgan fingerprint density at radius 2 is 2.07 bits per heavy atom. The molecule has 4 aliphatic rings. The van der Waals surface area contributed by atoms with Crippen LogP contribution in [0.25, 0.3) is 22.3 Å². The number of anilines is 2. The Balaban J connectivity index is 1.13. The molecule has 2 saturated heterocycles. The summed E-state index contributed by atoms with van der Waals surface area (Å²) in [7, 11) is -6.52. The average molecular weight is 682 g/mol. The third-order valence-corrected chi connectivity index (χ3v) is 10.7. The standard InChI is InChI=1S/C22H25N11O11P2/c1-39-13-8-3-40-45(36)43-15-12(34)11(32-6-27-9-16(23)25-5-26-17(9)32)7-2-22(7,15)4-41-46(37,38)44-14(13)20(42-8)33-18-10(30-31-33)19(35)29-21(24)28-18/h5-8,11-15,20,34H,2-4H2,1H3,(H5-,23,24,25,26,28,29,31,35,37,38)/p+1/t7-,8-,11-,12+,13-,14-,15+,20-,22+/m1/s1. The van der Waals surface area contributed by atoms with Crippen molar-refractivity contribution in [2.45, 2.75) is 49.2 Å². The molecule has 0 amide bonds. The van der Waals surface area contributed by atoms with Gasteiger partial charge in [0.15, 0.2) is 35.0 Å². The topological polar surface area (TPSA) is 302 Å². The van der Waals surface area contributed by atoms with Gasteiger partial charge in [0.2, 0.25) is 5.95 Å². The Hall–Kier alpha value is -3.56. The fourth-order valence-corrected chi connectivity index (χ4v) is 8.71. The molecular weight excluding hydrogens is 656 g/mol. The zero-order chi connectivity index (χ0) is 32.1. The van der Waals surface area contributed by atoms with Crippen molar-refractivity contribution >= 4 is 50.2 Å². The Morgan fingerprint density at radius 3 is 2.87 bits per heavy atom. The summed E-state index contributed by atoms with van der Waals surface area (Å²) in [4.78, 5) is 42.2. The van der Waals surface area contributed by atoms with Gasteiger partial charge in [-0.1, -0.05) is 5.21 Å². The quantitative estimate of drug-likeness (QED) is 0.161. The van der Waals surface area contributed by atoms with Gasteiger partial charge in [0.25, 0.3) is 5.56 Å². The van der Waals surface area contributed by atoms with Crippen LogP contribution in [-0.4, -0.2) is 105 Å². The van der Waals surface area contributed by atoms with Crippen molar-refractivity contribution in [1.82, 2.24) is 44.5 Å². The predicted molar refractivity (Wildman–Crippen MR) is 149 cm³/mol. The van der Waals surface area contributed by atoms with E-state index in [1.165, 1.54) is 19.8 Å². The fourth-order valence-electron chi connectivity index (χ4n) is 6.87. The Morgan fingerprint density at radius 1 is 1.24 bits per heavy atom. The molecule has 11 atom stereocenters. The number of imidazole rings is 1. The van der Waals surface area contributed by atoms with Gasteiger partial charge in [-0.05, 0) is 12.3 Å². The molecule has 2 unspecified atom stereocenters. The highest BCUT2D eigenvalue weighted by molar-refractivity contribution is 7.47. The first kappa shape index (κ1) is 29.8. The molecule has 2 aliphatic carbocycles. The Bertz CT molecular complexity index is 1990. The van der Waals surface area contributed by atoms with E-state index >= 15 is 0 Å². The van der Waals surface area contributed by atoms with Crippen LogP contribution in [-0.2, 0) is 36.7 Å². The van der Waals surface area contributed by atoms with Crippen molar-refractivity contribution in [2.75, 3.05) is 31.8 Å². The molecule has 6 heterocycles. The number of nitrogens with two attached hydrogens (primary N) is 2. The summed E-state index contributed by atoms with van der Waals surface area (Å²) < 4.78 is 63.6. The van der Waals surface area contributed by atoms with Gasteiger partial charge in [-0.2, -0.15) is 9.67 Å². The number of phosphoric acid groups is 1. The molecule has 7 N–H and O–H groups in total. The first-order chi connectivity index (χ1) is 22.0. The first-order valence-electron chi connectivity index (χ1n) is 13.8. The van der Waals surface area contributed by atoms with E-state index in [0.717, 1.165) is 4.68 Å². The van der Waals surface area contributed by atoms with Gasteiger partial charge in [0, 0.05) is 17.1 Å². The molecule has 4 fully saturated rings. The fraction of sp³-hybridized carbons (Fsp3) is 0.591. The zero-order valence-electron chi connectivity index (χ0n) is 23.6. The van der Waals surface area contributed by atoms with E-state index in [2.05, 4.69) is 35.2 Å². The minimum absolute atomic E-state index is 0.104. The summed E-state index contributed by atoms with van der Waals surface area (Å²) in [6.07, 6.45) is -4.31. The molecule has 244 valence electrons. The highest BCUT2D eigenvalue weighted by atomic mass is 31.2. The number of fused-ring (bicyclic) bond motifs is 4. The molecule has 24 heteroatoms. The monoisotopic (exact) mass is 682 g/mol. The molecule has 1 spiro atoms. The minimum atomic E-state index is -4.93. The maximum absolute atomic E-state index is 13.5. The van der Waals surface area contributed by atoms with Gasteiger partial charge in [-0.15, -0.1) is 14.1 Å². The van der Waals surface area contributed by atoms with E-state index in [1.54, 1.807) is 4.57 Å². The first-order valence-corrected chi connectivity index (χ1v) is 16.4. The average Bonchev–Trinajstić information content (AvgIpc) is 3.31. The normalized spacial score (nSPS) is 38.6. The summed E-state index contributed by atoms with van der Waals surface area (Å²) >= 11 is 0. The van der Waals surface area contributed by atoms with Crippen LogP contribution in [0.2, 0.25) is 0 Å². The lowest BCUT2D eigenvalue weighted by Crippen LogP contribution is -2.37. The maximum atomic E-state index is 13.5. The lowest BCUT2D eigenvalue weighted by molar-refractivity contribution is -0.0641. The SMILES string of the molecule is CO[C@H]1[C@H]2OP(=O)(O)OC[C@@]34C[C@@H]3[C@@H](n3cnc5c(N)ncnc53)[C@H](O)[C@@H]4O[P+](=O)OC[C@H]1O[C@H]2n1nnc2c(=O)[nH]c(N)nc21. The van der Waals surface area contributed by atoms with Crippen LogP contribution >= 0.6 is 16.1 Å². The van der Waals surface area contributed by atoms with Gasteiger partial charge >= 0.3 is 16.1 Å². The van der Waals surface area contributed by atoms with Gasteiger partial charge in [-0.3, -0.25) is 18.8 Å². The number of nitrogens with zero attached hydrogens (tertiary/aromatic N) is 8. The van der Waals surface area contributed by atoms with Gasteiger partial charge in [-0.25, -0.2) is 19.5 Å². The second-order valence-electron chi connectivity index (χ2n) is 11.4. The van der Waals surface area contributed by atoms with Crippen molar-refractivity contribution in [3.63, 3.8) is 0 Å². The number of aromatic amines is 1. The molecule has 2 bridgehead atoms. The minimum Gasteiger partial charge on any atom is -0.388 e. The molecule has 46 heavy (non-hydrogen) atoms. The van der Waals surface area contributed by atoms with Crippen molar-refractivity contribution in [3.05, 3.63) is 23.0 Å². The molecule has 0 aromatic carbocycles. The van der Waals surface area contributed by atoms with Crippen molar-refractivity contribution in [1.29, 1.82) is 0 Å². The van der Waals surface area contributed by atoms with Crippen molar-refractivity contribution in [3.8, 4) is 0 Å². The van der Waals surface area contributed by atoms with E-state index in [0.29, 0.717) is 17.6 Å². The lowest BCUT2D eigenvalue weighted by atomic mass is 10.0. The number of aliphatic hydroxyl groups excluding tert-OH is 1. The number of methoxy groups -OCH3 is 1. The molecule has 2 aliphatic heterocycles. The number of hydrogen-bond donors (Lipinski definition) is 5. The molecule has 0 radical (unpaired) electrons. The van der Waals surface area contributed by atoms with Gasteiger partial charge in [0.05, 0.1) is 19.0 Å². The van der Waals surface area contributed by atoms with Crippen molar-refractivity contribution < 1.29 is 46.7 Å². The number of nitrogen functional groups attached to an aromatic ring is 2. The molecule has 8 rings (SSSR count). The third-order valence-electron chi connectivity index (χ3n) is 8.97. The highest BCUT2D eigenvalue weighted by Gasteiger charge is 2.75. The van der Waals surface area contributed by atoms with Gasteiger partial charge in [0.1, 0.15) is 42.9 Å². The van der Waals surface area contributed by atoms with E-state index in [-0.39, 0.29) is 28.8 Å². The maximum Gasteiger partial charge on any atom is 0.697 e. The Kier molecular flexibility index (Phi) is 6.79. The largest absolute Gasteiger partial charge is 0.697 e. The van der Waals surface area contributed by atoms with Crippen LogP contribution in [0.5, 0.6) is 0 Å². The number of H-pyrrole nitrogens is 1. The van der Waals surface area contributed by atoms with Crippen molar-refractivity contribution in [2.24, 2.45) is 11.3 Å². The molecule has 22 nitrogen and oxygen atoms in total. The number of ether oxygens (including phenoxy) is 2. The predicted octanol–water partition coefficient (Wildman–Crippen LogP) is -1.07.